The number of unbranched alkanes of at least 4 members (excludes halogenated alkanes) is 1. The highest BCUT2D eigenvalue weighted by molar-refractivity contribution is 7.13. The lowest BCUT2D eigenvalue weighted by Gasteiger charge is -2.49. The molecule has 0 saturated heterocycles. The number of hydrogen-bond donors (Lipinski definition) is 2. The number of fused-ring (bicyclic) bond motifs is 1. The van der Waals surface area contributed by atoms with Crippen LogP contribution in [0.2, 0.25) is 0 Å². The maximum absolute atomic E-state index is 12.8. The van der Waals surface area contributed by atoms with Crippen molar-refractivity contribution in [2.45, 2.75) is 63.5 Å². The Morgan fingerprint density at radius 1 is 1.19 bits per heavy atom. The topological polar surface area (TPSA) is 111 Å². The second kappa shape index (κ2) is 12.9. The molecule has 1 saturated carbocycles. The number of nitrogens with zero attached hydrogens (tertiary/aromatic N) is 4. The lowest BCUT2D eigenvalue weighted by atomic mass is 9.71. The van der Waals surface area contributed by atoms with Crippen LogP contribution < -0.4 is 10.5 Å². The van der Waals surface area contributed by atoms with Gasteiger partial charge in [0.15, 0.2) is 5.60 Å². The van der Waals surface area contributed by atoms with Crippen molar-refractivity contribution in [2.75, 3.05) is 27.2 Å². The first-order valence-corrected chi connectivity index (χ1v) is 15.8. The standard InChI is InChI=1S/C33H41N5O3S/c1-4-5-9-26-20-25-8-6-7-10-27(25)30(37-26)41-17-16-38(2,3)29-14-12-23(21-33(29,40)32(34)39)19-24-11-13-28(36-22-24)31-35-15-18-42-31/h6-8,10-11,13,15,18,20,22-23,29,40H,4-5,9,12,14,16-17,19,21H2,1-3H3,(H-,34,39)/p+1/t23?,29-,33-/m0/s1. The highest BCUT2D eigenvalue weighted by atomic mass is 32.1. The fraction of sp³-hybridized carbons (Fsp3) is 0.455. The van der Waals surface area contributed by atoms with E-state index in [0.717, 1.165) is 64.8 Å². The van der Waals surface area contributed by atoms with E-state index < -0.39 is 11.5 Å². The molecule has 4 aromatic rings. The molecule has 0 bridgehead atoms. The highest BCUT2D eigenvalue weighted by Gasteiger charge is 2.54. The first kappa shape index (κ1) is 30.1. The molecule has 9 heteroatoms. The van der Waals surface area contributed by atoms with Crippen molar-refractivity contribution in [1.29, 1.82) is 0 Å². The second-order valence-electron chi connectivity index (χ2n) is 12.1. The van der Waals surface area contributed by atoms with Gasteiger partial charge in [-0.1, -0.05) is 37.6 Å². The fourth-order valence-electron chi connectivity index (χ4n) is 6.38. The number of pyridine rings is 2. The number of ether oxygens (including phenoxy) is 1. The number of amides is 1. The number of carbonyl (C=O) groups excluding carboxylic acids is 1. The number of primary amides is 1. The number of likely N-dealkylation sites (N-methyl/N-ethyl adjacent to an activating group) is 1. The van der Waals surface area contributed by atoms with Crippen molar-refractivity contribution >= 4 is 28.0 Å². The summed E-state index contributed by atoms with van der Waals surface area (Å²) in [5, 5.41) is 16.7. The van der Waals surface area contributed by atoms with Gasteiger partial charge in [0.25, 0.3) is 5.91 Å². The van der Waals surface area contributed by atoms with Crippen molar-refractivity contribution in [2.24, 2.45) is 11.7 Å². The summed E-state index contributed by atoms with van der Waals surface area (Å²) in [5.74, 6) is 0.115. The van der Waals surface area contributed by atoms with Crippen LogP contribution >= 0.6 is 11.3 Å². The average molecular weight is 589 g/mol. The molecule has 1 aliphatic carbocycles. The molecule has 1 amide bonds. The van der Waals surface area contributed by atoms with Gasteiger partial charge in [0.1, 0.15) is 24.2 Å². The zero-order valence-corrected chi connectivity index (χ0v) is 25.6. The molecular formula is C33H42N5O3S+. The summed E-state index contributed by atoms with van der Waals surface area (Å²) >= 11 is 1.56. The van der Waals surface area contributed by atoms with Gasteiger partial charge >= 0.3 is 0 Å². The van der Waals surface area contributed by atoms with Crippen molar-refractivity contribution in [1.82, 2.24) is 15.0 Å². The van der Waals surface area contributed by atoms with E-state index in [9.17, 15) is 9.90 Å². The zero-order chi connectivity index (χ0) is 29.7. The summed E-state index contributed by atoms with van der Waals surface area (Å²) in [6, 6.07) is 14.0. The van der Waals surface area contributed by atoms with Crippen molar-refractivity contribution in [3.63, 3.8) is 0 Å². The van der Waals surface area contributed by atoms with Gasteiger partial charge in [0, 0.05) is 35.3 Å². The van der Waals surface area contributed by atoms with Crippen molar-refractivity contribution in [3.05, 3.63) is 71.5 Å². The van der Waals surface area contributed by atoms with Gasteiger partial charge in [-0.15, -0.1) is 11.3 Å². The van der Waals surface area contributed by atoms with E-state index >= 15 is 0 Å². The third-order valence-electron chi connectivity index (χ3n) is 8.72. The SMILES string of the molecule is CCCCc1cc2ccccc2c(OCC[N+](C)(C)[C@H]2CCC(Cc3ccc(-c4nccs4)nc3)C[C@@]2(O)C(N)=O)n1. The number of rotatable bonds is 12. The van der Waals surface area contributed by atoms with Crippen LogP contribution in [0.5, 0.6) is 5.88 Å². The van der Waals surface area contributed by atoms with Crippen LogP contribution in [0.3, 0.4) is 0 Å². The average Bonchev–Trinajstić information content (AvgIpc) is 3.51. The van der Waals surface area contributed by atoms with Gasteiger partial charge in [-0.3, -0.25) is 9.78 Å². The zero-order valence-electron chi connectivity index (χ0n) is 24.8. The van der Waals surface area contributed by atoms with E-state index in [1.54, 1.807) is 17.5 Å². The molecule has 0 radical (unpaired) electrons. The number of quaternary nitrogens is 1. The monoisotopic (exact) mass is 588 g/mol. The summed E-state index contributed by atoms with van der Waals surface area (Å²) < 4.78 is 6.72. The van der Waals surface area contributed by atoms with E-state index in [2.05, 4.69) is 35.1 Å². The molecule has 3 atom stereocenters. The van der Waals surface area contributed by atoms with E-state index in [-0.39, 0.29) is 12.0 Å². The number of thiazole rings is 1. The maximum atomic E-state index is 12.8. The van der Waals surface area contributed by atoms with Gasteiger partial charge in [0.2, 0.25) is 5.88 Å². The molecule has 8 nitrogen and oxygen atoms in total. The van der Waals surface area contributed by atoms with Gasteiger partial charge in [0.05, 0.1) is 19.8 Å². The highest BCUT2D eigenvalue weighted by Crippen LogP contribution is 2.39. The molecule has 42 heavy (non-hydrogen) atoms. The third kappa shape index (κ3) is 6.64. The molecule has 0 spiro atoms. The summed E-state index contributed by atoms with van der Waals surface area (Å²) in [5.41, 5.74) is 7.26. The Labute approximate surface area is 252 Å². The number of aromatic nitrogens is 3. The summed E-state index contributed by atoms with van der Waals surface area (Å²) in [4.78, 5) is 26.5. The number of hydrogen-bond acceptors (Lipinski definition) is 7. The van der Waals surface area contributed by atoms with Gasteiger partial charge in [-0.2, -0.15) is 0 Å². The molecule has 0 aliphatic heterocycles. The number of carbonyl (C=O) groups is 1. The molecule has 1 unspecified atom stereocenters. The van der Waals surface area contributed by atoms with Gasteiger partial charge in [-0.05, 0) is 67.2 Å². The second-order valence-corrected chi connectivity index (χ2v) is 13.0. The van der Waals surface area contributed by atoms with Crippen molar-refractivity contribution in [3.8, 4) is 16.6 Å². The minimum Gasteiger partial charge on any atom is -0.471 e. The Morgan fingerprint density at radius 2 is 2.02 bits per heavy atom. The molecule has 3 heterocycles. The molecule has 1 fully saturated rings. The molecule has 1 aromatic carbocycles. The minimum atomic E-state index is -1.61. The third-order valence-corrected chi connectivity index (χ3v) is 9.52. The molecule has 222 valence electrons. The molecule has 5 rings (SSSR count). The largest absolute Gasteiger partial charge is 0.471 e. The molecular weight excluding hydrogens is 546 g/mol. The summed E-state index contributed by atoms with van der Waals surface area (Å²) in [6.07, 6.45) is 9.40. The van der Waals surface area contributed by atoms with Crippen LogP contribution in [-0.2, 0) is 17.6 Å². The lowest BCUT2D eigenvalue weighted by Crippen LogP contribution is -2.68. The van der Waals surface area contributed by atoms with Crippen LogP contribution in [0.15, 0.2) is 60.2 Å². The first-order chi connectivity index (χ1) is 20.2. The Kier molecular flexibility index (Phi) is 9.20. The van der Waals surface area contributed by atoms with Crippen LogP contribution in [0, 0.1) is 5.92 Å². The number of aryl methyl sites for hydroxylation is 1. The number of aliphatic hydroxyl groups is 1. The predicted molar refractivity (Wildman–Crippen MR) is 167 cm³/mol. The van der Waals surface area contributed by atoms with Crippen LogP contribution in [0.4, 0.5) is 0 Å². The fourth-order valence-corrected chi connectivity index (χ4v) is 7.00. The number of nitrogens with two attached hydrogens (primary N) is 1. The normalized spacial score (nSPS) is 21.0. The Morgan fingerprint density at radius 3 is 2.74 bits per heavy atom. The van der Waals surface area contributed by atoms with E-state index in [1.807, 2.05) is 49.9 Å². The molecule has 3 N–H and O–H groups in total. The van der Waals surface area contributed by atoms with E-state index in [0.29, 0.717) is 36.4 Å². The number of benzene rings is 1. The lowest BCUT2D eigenvalue weighted by molar-refractivity contribution is -0.922. The van der Waals surface area contributed by atoms with E-state index in [4.69, 9.17) is 15.5 Å². The Bertz CT molecular complexity index is 1490. The van der Waals surface area contributed by atoms with Crippen LogP contribution in [0.25, 0.3) is 21.5 Å². The summed E-state index contributed by atoms with van der Waals surface area (Å²) in [7, 11) is 4.10. The Balaban J connectivity index is 1.24. The van der Waals surface area contributed by atoms with Gasteiger partial charge < -0.3 is 20.1 Å². The van der Waals surface area contributed by atoms with E-state index in [1.165, 1.54) is 0 Å². The molecule has 3 aromatic heterocycles. The minimum absolute atomic E-state index is 0.129. The van der Waals surface area contributed by atoms with Crippen LogP contribution in [0.1, 0.15) is 50.3 Å². The summed E-state index contributed by atoms with van der Waals surface area (Å²) in [6.45, 7) is 3.19. The predicted octanol–water partition coefficient (Wildman–Crippen LogP) is 5.18. The van der Waals surface area contributed by atoms with Crippen molar-refractivity contribution < 1.29 is 19.1 Å². The van der Waals surface area contributed by atoms with Gasteiger partial charge in [-0.25, -0.2) is 9.97 Å². The first-order valence-electron chi connectivity index (χ1n) is 14.9. The quantitative estimate of drug-likeness (QED) is 0.221. The Hall–Kier alpha value is -3.40. The smallest absolute Gasteiger partial charge is 0.255 e. The molecule has 1 aliphatic rings. The maximum Gasteiger partial charge on any atom is 0.255 e. The van der Waals surface area contributed by atoms with Crippen LogP contribution in [-0.4, -0.2) is 69.3 Å².